The molecule has 0 amide bonds. The van der Waals surface area contributed by atoms with Crippen molar-refractivity contribution >= 4 is 26.6 Å². The lowest BCUT2D eigenvalue weighted by Crippen LogP contribution is -2.37. The van der Waals surface area contributed by atoms with E-state index in [0.29, 0.717) is 43.6 Å². The maximum absolute atomic E-state index is 12.2. The molecule has 8 heteroatoms. The smallest absolute Gasteiger partial charge is 0.167 e. The van der Waals surface area contributed by atoms with E-state index in [2.05, 4.69) is 20.8 Å². The van der Waals surface area contributed by atoms with E-state index in [9.17, 15) is 8.42 Å². The maximum Gasteiger partial charge on any atom is 0.167 e. The SMILES string of the molecule is C#CCS(=O)(=O)Cc1cc(N2CCOCC2)nc(-c2ccc3[nH]ccc3c2)n1. The first kappa shape index (κ1) is 18.5. The largest absolute Gasteiger partial charge is 0.378 e. The van der Waals surface area contributed by atoms with Gasteiger partial charge < -0.3 is 14.6 Å². The minimum Gasteiger partial charge on any atom is -0.378 e. The Kier molecular flexibility index (Phi) is 5.03. The summed E-state index contributed by atoms with van der Waals surface area (Å²) in [6.45, 7) is 2.62. The number of rotatable bonds is 5. The molecule has 1 aromatic carbocycles. The number of sulfone groups is 1. The van der Waals surface area contributed by atoms with Gasteiger partial charge in [0.15, 0.2) is 15.7 Å². The number of nitrogens with zero attached hydrogens (tertiary/aromatic N) is 3. The molecule has 2 aromatic heterocycles. The van der Waals surface area contributed by atoms with Crippen LogP contribution in [0.5, 0.6) is 0 Å². The summed E-state index contributed by atoms with van der Waals surface area (Å²) in [4.78, 5) is 14.5. The predicted octanol–water partition coefficient (Wildman–Crippen LogP) is 2.01. The summed E-state index contributed by atoms with van der Waals surface area (Å²) >= 11 is 0. The van der Waals surface area contributed by atoms with E-state index in [0.717, 1.165) is 16.5 Å². The Bertz CT molecular complexity index is 1140. The van der Waals surface area contributed by atoms with Crippen LogP contribution in [0.2, 0.25) is 0 Å². The Morgan fingerprint density at radius 3 is 2.79 bits per heavy atom. The molecule has 1 aliphatic heterocycles. The Labute approximate surface area is 163 Å². The number of aromatic amines is 1. The molecule has 0 aliphatic carbocycles. The second-order valence-corrected chi connectivity index (χ2v) is 8.72. The topological polar surface area (TPSA) is 88.2 Å². The number of ether oxygens (including phenoxy) is 1. The molecule has 0 saturated carbocycles. The molecule has 1 N–H and O–H groups in total. The Morgan fingerprint density at radius 1 is 1.18 bits per heavy atom. The van der Waals surface area contributed by atoms with Crippen LogP contribution in [0, 0.1) is 12.3 Å². The lowest BCUT2D eigenvalue weighted by atomic mass is 10.1. The van der Waals surface area contributed by atoms with Gasteiger partial charge in [-0.15, -0.1) is 6.42 Å². The average Bonchev–Trinajstić information content (AvgIpc) is 3.16. The fourth-order valence-corrected chi connectivity index (χ4v) is 4.19. The third-order valence-corrected chi connectivity index (χ3v) is 5.93. The molecule has 144 valence electrons. The highest BCUT2D eigenvalue weighted by molar-refractivity contribution is 7.90. The van der Waals surface area contributed by atoms with Crippen molar-refractivity contribution < 1.29 is 13.2 Å². The fraction of sp³-hybridized carbons (Fsp3) is 0.300. The highest BCUT2D eigenvalue weighted by Crippen LogP contribution is 2.25. The number of anilines is 1. The van der Waals surface area contributed by atoms with Crippen LogP contribution in [0.15, 0.2) is 36.5 Å². The molecule has 7 nitrogen and oxygen atoms in total. The van der Waals surface area contributed by atoms with Gasteiger partial charge in [0.25, 0.3) is 0 Å². The van der Waals surface area contributed by atoms with Gasteiger partial charge in [0, 0.05) is 41.8 Å². The molecular weight excluding hydrogens is 376 g/mol. The molecule has 0 spiro atoms. The first-order valence-corrected chi connectivity index (χ1v) is 10.8. The van der Waals surface area contributed by atoms with Gasteiger partial charge in [-0.25, -0.2) is 18.4 Å². The quantitative estimate of drug-likeness (QED) is 0.664. The van der Waals surface area contributed by atoms with E-state index in [4.69, 9.17) is 16.1 Å². The summed E-state index contributed by atoms with van der Waals surface area (Å²) in [5, 5.41) is 1.04. The summed E-state index contributed by atoms with van der Waals surface area (Å²) in [5.41, 5.74) is 2.29. The zero-order chi connectivity index (χ0) is 19.6. The van der Waals surface area contributed by atoms with Crippen LogP contribution in [0.1, 0.15) is 5.69 Å². The number of hydrogen-bond acceptors (Lipinski definition) is 6. The maximum atomic E-state index is 12.2. The number of morpholine rings is 1. The van der Waals surface area contributed by atoms with Crippen molar-refractivity contribution in [1.29, 1.82) is 0 Å². The number of terminal acetylenes is 1. The van der Waals surface area contributed by atoms with Crippen LogP contribution >= 0.6 is 0 Å². The fourth-order valence-electron chi connectivity index (χ4n) is 3.24. The number of fused-ring (bicyclic) bond motifs is 1. The third kappa shape index (κ3) is 4.01. The van der Waals surface area contributed by atoms with E-state index in [1.165, 1.54) is 0 Å². The van der Waals surface area contributed by atoms with E-state index < -0.39 is 9.84 Å². The van der Waals surface area contributed by atoms with Gasteiger partial charge in [-0.2, -0.15) is 0 Å². The predicted molar refractivity (Wildman–Crippen MR) is 109 cm³/mol. The second kappa shape index (κ2) is 7.62. The summed E-state index contributed by atoms with van der Waals surface area (Å²) in [6, 6.07) is 9.59. The van der Waals surface area contributed by atoms with Crippen molar-refractivity contribution in [2.45, 2.75) is 5.75 Å². The first-order valence-electron chi connectivity index (χ1n) is 8.96. The summed E-state index contributed by atoms with van der Waals surface area (Å²) in [5.74, 6) is 2.89. The minimum atomic E-state index is -3.43. The normalized spacial score (nSPS) is 14.9. The Morgan fingerprint density at radius 2 is 2.00 bits per heavy atom. The van der Waals surface area contributed by atoms with Crippen LogP contribution in [0.25, 0.3) is 22.3 Å². The van der Waals surface area contributed by atoms with Gasteiger partial charge in [-0.1, -0.05) is 5.92 Å². The number of hydrogen-bond donors (Lipinski definition) is 1. The van der Waals surface area contributed by atoms with Gasteiger partial charge in [0.05, 0.1) is 24.7 Å². The van der Waals surface area contributed by atoms with Gasteiger partial charge in [0.2, 0.25) is 0 Å². The molecule has 1 aliphatic rings. The summed E-state index contributed by atoms with van der Waals surface area (Å²) in [6.07, 6.45) is 7.06. The highest BCUT2D eigenvalue weighted by atomic mass is 32.2. The van der Waals surface area contributed by atoms with Crippen LogP contribution in [0.4, 0.5) is 5.82 Å². The van der Waals surface area contributed by atoms with Crippen LogP contribution in [0.3, 0.4) is 0 Å². The zero-order valence-electron chi connectivity index (χ0n) is 15.3. The van der Waals surface area contributed by atoms with E-state index >= 15 is 0 Å². The monoisotopic (exact) mass is 396 g/mol. The Hall–Kier alpha value is -2.89. The molecule has 0 unspecified atom stereocenters. The number of H-pyrrole nitrogens is 1. The molecule has 1 fully saturated rings. The van der Waals surface area contributed by atoms with Crippen LogP contribution in [-0.2, 0) is 20.3 Å². The molecule has 28 heavy (non-hydrogen) atoms. The molecule has 3 aromatic rings. The lowest BCUT2D eigenvalue weighted by Gasteiger charge is -2.28. The summed E-state index contributed by atoms with van der Waals surface area (Å²) < 4.78 is 29.9. The molecule has 4 rings (SSSR count). The number of aromatic nitrogens is 3. The molecular formula is C20H20N4O3S. The van der Waals surface area contributed by atoms with Gasteiger partial charge in [-0.3, -0.25) is 0 Å². The molecule has 1 saturated heterocycles. The molecule has 0 bridgehead atoms. The zero-order valence-corrected chi connectivity index (χ0v) is 16.1. The van der Waals surface area contributed by atoms with E-state index in [-0.39, 0.29) is 11.5 Å². The second-order valence-electron chi connectivity index (χ2n) is 6.66. The number of nitrogens with one attached hydrogen (secondary N) is 1. The highest BCUT2D eigenvalue weighted by Gasteiger charge is 2.19. The van der Waals surface area contributed by atoms with Crippen molar-refractivity contribution in [2.24, 2.45) is 0 Å². The van der Waals surface area contributed by atoms with Crippen molar-refractivity contribution in [1.82, 2.24) is 15.0 Å². The van der Waals surface area contributed by atoms with Crippen molar-refractivity contribution in [3.63, 3.8) is 0 Å². The van der Waals surface area contributed by atoms with E-state index in [1.807, 2.05) is 30.5 Å². The third-order valence-electron chi connectivity index (χ3n) is 4.58. The van der Waals surface area contributed by atoms with Crippen LogP contribution in [-0.4, -0.2) is 55.4 Å². The van der Waals surface area contributed by atoms with Gasteiger partial charge >= 0.3 is 0 Å². The molecule has 0 radical (unpaired) electrons. The average molecular weight is 396 g/mol. The van der Waals surface area contributed by atoms with Crippen LogP contribution < -0.4 is 4.90 Å². The molecule has 0 atom stereocenters. The minimum absolute atomic E-state index is 0.212. The van der Waals surface area contributed by atoms with Crippen molar-refractivity contribution in [3.8, 4) is 23.7 Å². The number of benzene rings is 1. The Balaban J connectivity index is 1.77. The van der Waals surface area contributed by atoms with Gasteiger partial charge in [0.1, 0.15) is 11.6 Å². The molecule has 3 heterocycles. The lowest BCUT2D eigenvalue weighted by molar-refractivity contribution is 0.122. The van der Waals surface area contributed by atoms with E-state index in [1.54, 1.807) is 6.07 Å². The van der Waals surface area contributed by atoms with Gasteiger partial charge in [-0.05, 0) is 24.3 Å². The van der Waals surface area contributed by atoms with Crippen molar-refractivity contribution in [3.05, 3.63) is 42.2 Å². The standard InChI is InChI=1S/C20H20N4O3S/c1-2-11-28(25,26)14-17-13-19(24-7-9-27-10-8-24)23-20(22-17)16-3-4-18-15(12-16)5-6-21-18/h1,3-6,12-13,21H,7-11,14H2. The first-order chi connectivity index (χ1) is 13.5. The summed E-state index contributed by atoms with van der Waals surface area (Å²) in [7, 11) is -3.43. The van der Waals surface area contributed by atoms with Crippen molar-refractivity contribution in [2.75, 3.05) is 37.0 Å².